The molecule has 0 spiro atoms. The van der Waals surface area contributed by atoms with Crippen LogP contribution in [-0.2, 0) is 0 Å². The zero-order valence-corrected chi connectivity index (χ0v) is 8.04. The topological polar surface area (TPSA) is 38.7 Å². The molecule has 60 valence electrons. The summed E-state index contributed by atoms with van der Waals surface area (Å²) in [6.45, 7) is 1.87. The highest BCUT2D eigenvalue weighted by atomic mass is 79.9. The standard InChI is InChI=1S/C8H6BrN3/c1-5-11-4-6-7(12-5)2-3-10-8(6)9/h2-4H,1H3. The molecule has 0 saturated carbocycles. The predicted octanol–water partition coefficient (Wildman–Crippen LogP) is 2.10. The first kappa shape index (κ1) is 7.61. The summed E-state index contributed by atoms with van der Waals surface area (Å²) in [6, 6.07) is 1.87. The van der Waals surface area contributed by atoms with Gasteiger partial charge in [0.05, 0.1) is 10.9 Å². The minimum Gasteiger partial charge on any atom is -0.249 e. The Morgan fingerprint density at radius 2 is 2.17 bits per heavy atom. The third kappa shape index (κ3) is 1.18. The summed E-state index contributed by atoms with van der Waals surface area (Å²) in [7, 11) is 0. The lowest BCUT2D eigenvalue weighted by Gasteiger charge is -1.98. The maximum atomic E-state index is 4.26. The molecule has 0 aromatic carbocycles. The molecule has 0 bridgehead atoms. The van der Waals surface area contributed by atoms with Gasteiger partial charge in [-0.3, -0.25) is 0 Å². The summed E-state index contributed by atoms with van der Waals surface area (Å²) < 4.78 is 0.792. The number of fused-ring (bicyclic) bond motifs is 1. The summed E-state index contributed by atoms with van der Waals surface area (Å²) in [5.74, 6) is 0.778. The SMILES string of the molecule is Cc1ncc2c(Br)nccc2n1. The van der Waals surface area contributed by atoms with E-state index in [0.29, 0.717) is 0 Å². The quantitative estimate of drug-likeness (QED) is 0.643. The van der Waals surface area contributed by atoms with Crippen molar-refractivity contribution in [2.75, 3.05) is 0 Å². The molecule has 2 rings (SSSR count). The minimum absolute atomic E-state index is 0.778. The molecule has 12 heavy (non-hydrogen) atoms. The van der Waals surface area contributed by atoms with E-state index in [1.807, 2.05) is 13.0 Å². The molecule has 4 heteroatoms. The summed E-state index contributed by atoms with van der Waals surface area (Å²) >= 11 is 3.33. The van der Waals surface area contributed by atoms with E-state index in [2.05, 4.69) is 30.9 Å². The van der Waals surface area contributed by atoms with Gasteiger partial charge in [0.25, 0.3) is 0 Å². The second-order valence-corrected chi connectivity index (χ2v) is 3.20. The van der Waals surface area contributed by atoms with Gasteiger partial charge in [-0.05, 0) is 28.9 Å². The van der Waals surface area contributed by atoms with Crippen molar-refractivity contribution in [1.29, 1.82) is 0 Å². The van der Waals surface area contributed by atoms with E-state index in [1.165, 1.54) is 0 Å². The van der Waals surface area contributed by atoms with Crippen LogP contribution >= 0.6 is 15.9 Å². The number of halogens is 1. The fraction of sp³-hybridized carbons (Fsp3) is 0.125. The van der Waals surface area contributed by atoms with Gasteiger partial charge in [0.1, 0.15) is 10.4 Å². The predicted molar refractivity (Wildman–Crippen MR) is 49.8 cm³/mol. The summed E-state index contributed by atoms with van der Waals surface area (Å²) in [5, 5.41) is 0.947. The third-order valence-corrected chi connectivity index (χ3v) is 2.21. The van der Waals surface area contributed by atoms with Crippen molar-refractivity contribution in [2.45, 2.75) is 6.92 Å². The van der Waals surface area contributed by atoms with E-state index in [9.17, 15) is 0 Å². The van der Waals surface area contributed by atoms with Crippen molar-refractivity contribution in [1.82, 2.24) is 15.0 Å². The normalized spacial score (nSPS) is 10.5. The maximum absolute atomic E-state index is 4.26. The first-order chi connectivity index (χ1) is 5.77. The lowest BCUT2D eigenvalue weighted by Crippen LogP contribution is -1.89. The first-order valence-electron chi connectivity index (χ1n) is 3.51. The zero-order valence-electron chi connectivity index (χ0n) is 6.45. The molecule has 2 aromatic heterocycles. The molecule has 0 N–H and O–H groups in total. The number of rotatable bonds is 0. The lowest BCUT2D eigenvalue weighted by atomic mass is 10.3. The van der Waals surface area contributed by atoms with Crippen LogP contribution < -0.4 is 0 Å². The van der Waals surface area contributed by atoms with Gasteiger partial charge in [0.2, 0.25) is 0 Å². The molecule has 2 heterocycles. The molecule has 0 radical (unpaired) electrons. The Balaban J connectivity index is 2.86. The molecule has 3 nitrogen and oxygen atoms in total. The van der Waals surface area contributed by atoms with Gasteiger partial charge in [-0.2, -0.15) is 0 Å². The average Bonchev–Trinajstić information content (AvgIpc) is 2.04. The van der Waals surface area contributed by atoms with Gasteiger partial charge in [0, 0.05) is 12.4 Å². The number of pyridine rings is 1. The Hall–Kier alpha value is -1.03. The first-order valence-corrected chi connectivity index (χ1v) is 4.30. The van der Waals surface area contributed by atoms with Crippen molar-refractivity contribution in [3.8, 4) is 0 Å². The molecule has 0 atom stereocenters. The van der Waals surface area contributed by atoms with Crippen LogP contribution in [0.25, 0.3) is 10.9 Å². The summed E-state index contributed by atoms with van der Waals surface area (Å²) in [6.07, 6.45) is 3.49. The van der Waals surface area contributed by atoms with E-state index >= 15 is 0 Å². The Kier molecular flexibility index (Phi) is 1.77. The molecule has 0 aliphatic heterocycles. The second-order valence-electron chi connectivity index (χ2n) is 2.45. The molecular weight excluding hydrogens is 218 g/mol. The highest BCUT2D eigenvalue weighted by Gasteiger charge is 1.99. The van der Waals surface area contributed by atoms with Crippen LogP contribution in [0.3, 0.4) is 0 Å². The Morgan fingerprint density at radius 3 is 3.00 bits per heavy atom. The van der Waals surface area contributed by atoms with Crippen molar-refractivity contribution in [3.63, 3.8) is 0 Å². The maximum Gasteiger partial charge on any atom is 0.125 e. The second kappa shape index (κ2) is 2.79. The van der Waals surface area contributed by atoms with Crippen LogP contribution in [-0.4, -0.2) is 15.0 Å². The van der Waals surface area contributed by atoms with Gasteiger partial charge in [-0.25, -0.2) is 15.0 Å². The Labute approximate surface area is 78.0 Å². The smallest absolute Gasteiger partial charge is 0.125 e. The van der Waals surface area contributed by atoms with E-state index in [1.54, 1.807) is 12.4 Å². The molecule has 0 aliphatic rings. The molecular formula is C8H6BrN3. The van der Waals surface area contributed by atoms with Crippen molar-refractivity contribution < 1.29 is 0 Å². The number of hydrogen-bond acceptors (Lipinski definition) is 3. The van der Waals surface area contributed by atoms with Crippen molar-refractivity contribution in [3.05, 3.63) is 28.9 Å². The summed E-state index contributed by atoms with van der Waals surface area (Å²) in [5.41, 5.74) is 0.921. The molecule has 0 saturated heterocycles. The fourth-order valence-electron chi connectivity index (χ4n) is 1.02. The van der Waals surface area contributed by atoms with Crippen molar-refractivity contribution in [2.24, 2.45) is 0 Å². The van der Waals surface area contributed by atoms with E-state index in [4.69, 9.17) is 0 Å². The van der Waals surface area contributed by atoms with Gasteiger partial charge in [-0.15, -0.1) is 0 Å². The van der Waals surface area contributed by atoms with E-state index in [0.717, 1.165) is 21.3 Å². The summed E-state index contributed by atoms with van der Waals surface area (Å²) in [4.78, 5) is 12.4. The minimum atomic E-state index is 0.778. The fourth-order valence-corrected chi connectivity index (χ4v) is 1.44. The van der Waals surface area contributed by atoms with Crippen LogP contribution in [0.1, 0.15) is 5.82 Å². The number of aromatic nitrogens is 3. The average molecular weight is 224 g/mol. The van der Waals surface area contributed by atoms with Crippen LogP contribution in [0, 0.1) is 6.92 Å². The highest BCUT2D eigenvalue weighted by molar-refractivity contribution is 9.10. The Morgan fingerprint density at radius 1 is 1.33 bits per heavy atom. The molecule has 0 aliphatic carbocycles. The highest BCUT2D eigenvalue weighted by Crippen LogP contribution is 2.18. The van der Waals surface area contributed by atoms with Gasteiger partial charge >= 0.3 is 0 Å². The molecule has 2 aromatic rings. The van der Waals surface area contributed by atoms with Gasteiger partial charge in [0.15, 0.2) is 0 Å². The van der Waals surface area contributed by atoms with Crippen molar-refractivity contribution >= 4 is 26.8 Å². The molecule has 0 fully saturated rings. The van der Waals surface area contributed by atoms with Crippen LogP contribution in [0.15, 0.2) is 23.1 Å². The number of nitrogens with zero attached hydrogens (tertiary/aromatic N) is 3. The lowest BCUT2D eigenvalue weighted by molar-refractivity contribution is 1.08. The number of aryl methyl sites for hydroxylation is 1. The monoisotopic (exact) mass is 223 g/mol. The van der Waals surface area contributed by atoms with Crippen LogP contribution in [0.2, 0.25) is 0 Å². The molecule has 0 amide bonds. The van der Waals surface area contributed by atoms with Crippen LogP contribution in [0.5, 0.6) is 0 Å². The van der Waals surface area contributed by atoms with Gasteiger partial charge in [-0.1, -0.05) is 0 Å². The zero-order chi connectivity index (χ0) is 8.55. The van der Waals surface area contributed by atoms with Crippen LogP contribution in [0.4, 0.5) is 0 Å². The number of hydrogen-bond donors (Lipinski definition) is 0. The largest absolute Gasteiger partial charge is 0.249 e. The Bertz CT molecular complexity index is 428. The molecule has 0 unspecified atom stereocenters. The van der Waals surface area contributed by atoms with Gasteiger partial charge < -0.3 is 0 Å². The van der Waals surface area contributed by atoms with E-state index in [-0.39, 0.29) is 0 Å². The van der Waals surface area contributed by atoms with E-state index < -0.39 is 0 Å². The third-order valence-electron chi connectivity index (χ3n) is 1.58.